The van der Waals surface area contributed by atoms with Gasteiger partial charge in [0.05, 0.1) is 0 Å². The molecule has 0 aromatic heterocycles. The van der Waals surface area contributed by atoms with Crippen LogP contribution in [-0.2, 0) is 0 Å². The number of hydrogen-bond acceptors (Lipinski definition) is 3. The molecule has 0 spiro atoms. The molecule has 2 aromatic carbocycles. The van der Waals surface area contributed by atoms with Crippen LogP contribution in [0.1, 0.15) is 26.3 Å². The molecule has 2 rings (SSSR count). The summed E-state index contributed by atoms with van der Waals surface area (Å²) in [4.78, 5) is 23.8. The van der Waals surface area contributed by atoms with Gasteiger partial charge in [0, 0.05) is 11.1 Å². The summed E-state index contributed by atoms with van der Waals surface area (Å²) in [5.74, 6) is -1.05. The molecule has 90 valence electrons. The lowest BCUT2D eigenvalue weighted by Gasteiger charge is -2.01. The predicted molar refractivity (Wildman–Crippen MR) is 67.9 cm³/mol. The minimum Gasteiger partial charge on any atom is -0.508 e. The van der Waals surface area contributed by atoms with Gasteiger partial charge in [-0.1, -0.05) is 29.8 Å². The number of aryl methyl sites for hydroxylation is 1. The summed E-state index contributed by atoms with van der Waals surface area (Å²) in [5, 5.41) is 9.13. The molecule has 0 atom stereocenters. The van der Waals surface area contributed by atoms with Crippen LogP contribution >= 0.6 is 0 Å². The van der Waals surface area contributed by atoms with E-state index >= 15 is 0 Å². The minimum absolute atomic E-state index is 0.0642. The predicted octanol–water partition coefficient (Wildman–Crippen LogP) is 2.77. The molecule has 2 aromatic rings. The van der Waals surface area contributed by atoms with E-state index in [-0.39, 0.29) is 11.3 Å². The van der Waals surface area contributed by atoms with E-state index in [0.717, 1.165) is 5.56 Å². The van der Waals surface area contributed by atoms with Crippen molar-refractivity contribution in [1.82, 2.24) is 0 Å². The second kappa shape index (κ2) is 4.84. The maximum atomic E-state index is 11.9. The highest BCUT2D eigenvalue weighted by Crippen LogP contribution is 2.13. The van der Waals surface area contributed by atoms with Crippen LogP contribution in [0.4, 0.5) is 0 Å². The van der Waals surface area contributed by atoms with Gasteiger partial charge in [0.2, 0.25) is 11.6 Å². The van der Waals surface area contributed by atoms with Gasteiger partial charge in [0.25, 0.3) is 0 Å². The van der Waals surface area contributed by atoms with Crippen molar-refractivity contribution in [2.24, 2.45) is 0 Å². The van der Waals surface area contributed by atoms with Gasteiger partial charge >= 0.3 is 0 Å². The number of aromatic hydroxyl groups is 1. The second-order valence-corrected chi connectivity index (χ2v) is 4.07. The molecular formula is C15H12O3. The molecule has 18 heavy (non-hydrogen) atoms. The van der Waals surface area contributed by atoms with Gasteiger partial charge in [0.15, 0.2) is 0 Å². The lowest BCUT2D eigenvalue weighted by molar-refractivity contribution is 0.0817. The number of Topliss-reactive ketones (excluding diaryl/α,β-unsaturated/α-hetero) is 2. The Balaban J connectivity index is 2.26. The Bertz CT molecular complexity index is 525. The molecule has 0 saturated carbocycles. The number of hydrogen-bond donors (Lipinski definition) is 1. The SMILES string of the molecule is Cc1ccc(C(=O)C(=O)c2ccc(O)cc2)cc1. The smallest absolute Gasteiger partial charge is 0.233 e. The van der Waals surface area contributed by atoms with E-state index in [1.165, 1.54) is 24.3 Å². The van der Waals surface area contributed by atoms with Gasteiger partial charge in [-0.3, -0.25) is 9.59 Å². The zero-order valence-corrected chi connectivity index (χ0v) is 9.88. The summed E-state index contributed by atoms with van der Waals surface area (Å²) in [6.45, 7) is 1.91. The Morgan fingerprint density at radius 2 is 1.17 bits per heavy atom. The van der Waals surface area contributed by atoms with Crippen molar-refractivity contribution in [1.29, 1.82) is 0 Å². The first-order chi connectivity index (χ1) is 8.58. The number of phenolic OH excluding ortho intramolecular Hbond substituents is 1. The zero-order chi connectivity index (χ0) is 13.1. The standard InChI is InChI=1S/C15H12O3/c1-10-2-4-11(5-3-10)14(17)15(18)12-6-8-13(16)9-7-12/h2-9,16H,1H3. The molecule has 0 amide bonds. The van der Waals surface area contributed by atoms with E-state index in [4.69, 9.17) is 5.11 Å². The fraction of sp³-hybridized carbons (Fsp3) is 0.0667. The fourth-order valence-corrected chi connectivity index (χ4v) is 1.58. The summed E-state index contributed by atoms with van der Waals surface area (Å²) in [6.07, 6.45) is 0. The van der Waals surface area contributed by atoms with E-state index in [2.05, 4.69) is 0 Å². The van der Waals surface area contributed by atoms with Crippen LogP contribution in [0, 0.1) is 6.92 Å². The number of benzene rings is 2. The molecular weight excluding hydrogens is 228 g/mol. The molecule has 0 radical (unpaired) electrons. The number of carbonyl (C=O) groups is 2. The molecule has 0 saturated heterocycles. The third-order valence-electron chi connectivity index (χ3n) is 2.65. The van der Waals surface area contributed by atoms with Crippen molar-refractivity contribution in [2.45, 2.75) is 6.92 Å². The fourth-order valence-electron chi connectivity index (χ4n) is 1.58. The highest BCUT2D eigenvalue weighted by molar-refractivity contribution is 6.49. The highest BCUT2D eigenvalue weighted by Gasteiger charge is 2.17. The van der Waals surface area contributed by atoms with Crippen molar-refractivity contribution in [3.63, 3.8) is 0 Å². The van der Waals surface area contributed by atoms with Crippen LogP contribution in [0.25, 0.3) is 0 Å². The van der Waals surface area contributed by atoms with Crippen molar-refractivity contribution in [3.05, 3.63) is 65.2 Å². The van der Waals surface area contributed by atoms with Crippen molar-refractivity contribution >= 4 is 11.6 Å². The van der Waals surface area contributed by atoms with E-state index in [0.29, 0.717) is 5.56 Å². The van der Waals surface area contributed by atoms with Gasteiger partial charge in [0.1, 0.15) is 5.75 Å². The normalized spacial score (nSPS) is 10.1. The third-order valence-corrected chi connectivity index (χ3v) is 2.65. The van der Waals surface area contributed by atoms with E-state index < -0.39 is 11.6 Å². The molecule has 0 unspecified atom stereocenters. The molecule has 0 aliphatic carbocycles. The van der Waals surface area contributed by atoms with Crippen LogP contribution in [0.5, 0.6) is 5.75 Å². The molecule has 3 heteroatoms. The monoisotopic (exact) mass is 240 g/mol. The van der Waals surface area contributed by atoms with Crippen LogP contribution < -0.4 is 0 Å². The van der Waals surface area contributed by atoms with Crippen molar-refractivity contribution in [3.8, 4) is 5.75 Å². The maximum Gasteiger partial charge on any atom is 0.233 e. The molecule has 0 heterocycles. The van der Waals surface area contributed by atoms with Crippen molar-refractivity contribution < 1.29 is 14.7 Å². The number of rotatable bonds is 3. The molecule has 0 aliphatic heterocycles. The summed E-state index contributed by atoms with van der Waals surface area (Å²) < 4.78 is 0. The highest BCUT2D eigenvalue weighted by atomic mass is 16.3. The maximum absolute atomic E-state index is 11.9. The summed E-state index contributed by atoms with van der Waals surface area (Å²) in [6, 6.07) is 12.5. The van der Waals surface area contributed by atoms with Crippen LogP contribution in [-0.4, -0.2) is 16.7 Å². The Kier molecular flexibility index (Phi) is 3.24. The molecule has 3 nitrogen and oxygen atoms in total. The van der Waals surface area contributed by atoms with E-state index in [9.17, 15) is 9.59 Å². The Morgan fingerprint density at radius 1 is 0.778 bits per heavy atom. The third kappa shape index (κ3) is 2.46. The largest absolute Gasteiger partial charge is 0.508 e. The lowest BCUT2D eigenvalue weighted by atomic mass is 10.0. The van der Waals surface area contributed by atoms with Gasteiger partial charge in [-0.05, 0) is 31.2 Å². The second-order valence-electron chi connectivity index (χ2n) is 4.07. The molecule has 0 aliphatic rings. The Labute approximate surface area is 105 Å². The van der Waals surface area contributed by atoms with Crippen LogP contribution in [0.2, 0.25) is 0 Å². The average Bonchev–Trinajstić information content (AvgIpc) is 2.39. The van der Waals surface area contributed by atoms with Gasteiger partial charge in [-0.25, -0.2) is 0 Å². The Morgan fingerprint density at radius 3 is 1.61 bits per heavy atom. The molecule has 1 N–H and O–H groups in total. The quantitative estimate of drug-likeness (QED) is 0.663. The minimum atomic E-state index is -0.571. The summed E-state index contributed by atoms with van der Waals surface area (Å²) in [5.41, 5.74) is 1.68. The van der Waals surface area contributed by atoms with Gasteiger partial charge < -0.3 is 5.11 Å². The van der Waals surface area contributed by atoms with E-state index in [1.807, 2.05) is 6.92 Å². The average molecular weight is 240 g/mol. The number of ketones is 2. The van der Waals surface area contributed by atoms with Gasteiger partial charge in [-0.2, -0.15) is 0 Å². The van der Waals surface area contributed by atoms with E-state index in [1.54, 1.807) is 24.3 Å². The van der Waals surface area contributed by atoms with Gasteiger partial charge in [-0.15, -0.1) is 0 Å². The number of carbonyl (C=O) groups excluding carboxylic acids is 2. The lowest BCUT2D eigenvalue weighted by Crippen LogP contribution is -2.14. The summed E-state index contributed by atoms with van der Waals surface area (Å²) >= 11 is 0. The Hall–Kier alpha value is -2.42. The molecule has 0 bridgehead atoms. The zero-order valence-electron chi connectivity index (χ0n) is 9.88. The van der Waals surface area contributed by atoms with Crippen LogP contribution in [0.15, 0.2) is 48.5 Å². The summed E-state index contributed by atoms with van der Waals surface area (Å²) in [7, 11) is 0. The molecule has 0 fully saturated rings. The first kappa shape index (κ1) is 12.0. The first-order valence-corrected chi connectivity index (χ1v) is 5.52. The van der Waals surface area contributed by atoms with Crippen LogP contribution in [0.3, 0.4) is 0 Å². The number of phenols is 1. The first-order valence-electron chi connectivity index (χ1n) is 5.52. The van der Waals surface area contributed by atoms with Crippen molar-refractivity contribution in [2.75, 3.05) is 0 Å². The topological polar surface area (TPSA) is 54.4 Å².